The Kier molecular flexibility index (Phi) is 1.64. The first-order valence-electron chi connectivity index (χ1n) is 16.7. The molecule has 2 rings (SSSR count). The number of ketones is 1. The summed E-state index contributed by atoms with van der Waals surface area (Å²) in [6, 6.07) is -9.81. The molecular formula is C20H21ClO4. The SMILES string of the molecule is [2H]c1c([2H])c(C(=O)c2c([2H])c([2H])c(OC(C(=O)OC([2H])(C([2H])([2H])[2H])C([2H])([2H])[2H])(C([2H])([2H])[2H])C([2H])([2H])[2H])c([2H])c2[2H])c([2H])c([2H])c1Cl. The van der Waals surface area contributed by atoms with E-state index in [0.717, 1.165) is 0 Å². The fourth-order valence-electron chi connectivity index (χ4n) is 1.36. The minimum atomic E-state index is -4.52. The molecule has 0 heterocycles. The van der Waals surface area contributed by atoms with E-state index < -0.39 is 121 Å². The first kappa shape index (κ1) is 5.34. The average molecular weight is 382 g/mol. The van der Waals surface area contributed by atoms with Crippen molar-refractivity contribution in [3.05, 3.63) is 64.5 Å². The summed E-state index contributed by atoms with van der Waals surface area (Å²) in [5.41, 5.74) is -6.81. The highest BCUT2D eigenvalue weighted by Crippen LogP contribution is 2.22. The number of carbonyl (C=O) groups is 2. The van der Waals surface area contributed by atoms with Gasteiger partial charge in [-0.15, -0.1) is 0 Å². The average Bonchev–Trinajstić information content (AvgIpc) is 2.87. The van der Waals surface area contributed by atoms with Crippen LogP contribution in [0, 0.1) is 0 Å². The Morgan fingerprint density at radius 2 is 1.64 bits per heavy atom. The van der Waals surface area contributed by atoms with E-state index in [1.807, 2.05) is 0 Å². The van der Waals surface area contributed by atoms with Crippen LogP contribution in [0.1, 0.15) is 72.1 Å². The molecule has 0 aromatic heterocycles. The summed E-state index contributed by atoms with van der Waals surface area (Å²) in [4.78, 5) is 26.7. The molecule has 2 aromatic carbocycles. The van der Waals surface area contributed by atoms with E-state index in [-0.39, 0.29) is 0 Å². The second-order valence-corrected chi connectivity index (χ2v) is 4.60. The molecule has 0 amide bonds. The monoisotopic (exact) mass is 381 g/mol. The molecule has 0 saturated carbocycles. The Bertz CT molecular complexity index is 1500. The molecule has 4 nitrogen and oxygen atoms in total. The van der Waals surface area contributed by atoms with Crippen molar-refractivity contribution in [3.63, 3.8) is 0 Å². The predicted octanol–water partition coefficient (Wildman–Crippen LogP) is 4.68. The van der Waals surface area contributed by atoms with Crippen molar-refractivity contribution >= 4 is 23.4 Å². The third kappa shape index (κ3) is 5.07. The van der Waals surface area contributed by atoms with Crippen LogP contribution in [0.25, 0.3) is 0 Å². The molecule has 0 saturated heterocycles. The molecule has 0 aliphatic carbocycles. The molecule has 0 aliphatic rings. The van der Waals surface area contributed by atoms with E-state index in [1.54, 1.807) is 0 Å². The van der Waals surface area contributed by atoms with Gasteiger partial charge in [-0.25, -0.2) is 4.79 Å². The Morgan fingerprint density at radius 3 is 2.16 bits per heavy atom. The highest BCUT2D eigenvalue weighted by Gasteiger charge is 2.32. The predicted molar refractivity (Wildman–Crippen MR) is 97.3 cm³/mol. The van der Waals surface area contributed by atoms with Crippen molar-refractivity contribution in [2.75, 3.05) is 0 Å². The Morgan fingerprint density at radius 1 is 1.08 bits per heavy atom. The van der Waals surface area contributed by atoms with Gasteiger partial charge >= 0.3 is 5.97 Å². The molecule has 0 radical (unpaired) electrons. The topological polar surface area (TPSA) is 52.6 Å². The minimum Gasteiger partial charge on any atom is -0.476 e. The summed E-state index contributed by atoms with van der Waals surface area (Å²) in [6.45, 7) is -16.7. The number of esters is 1. The minimum absolute atomic E-state index is 0.693. The second-order valence-electron chi connectivity index (χ2n) is 4.22. The quantitative estimate of drug-likeness (QED) is 0.538. The van der Waals surface area contributed by atoms with E-state index in [2.05, 4.69) is 4.74 Å². The fourth-order valence-corrected chi connectivity index (χ4v) is 1.46. The van der Waals surface area contributed by atoms with E-state index >= 15 is 0 Å². The van der Waals surface area contributed by atoms with Gasteiger partial charge in [-0.1, -0.05) is 11.6 Å². The fraction of sp³-hybridized carbons (Fsp3) is 0.300. The molecule has 0 unspecified atom stereocenters. The van der Waals surface area contributed by atoms with Gasteiger partial charge in [0.1, 0.15) is 5.75 Å². The van der Waals surface area contributed by atoms with Gasteiger partial charge in [-0.2, -0.15) is 0 Å². The van der Waals surface area contributed by atoms with Crippen molar-refractivity contribution in [3.8, 4) is 5.75 Å². The van der Waals surface area contributed by atoms with Crippen LogP contribution in [0.5, 0.6) is 5.75 Å². The van der Waals surface area contributed by atoms with Gasteiger partial charge in [0.2, 0.25) is 0 Å². The van der Waals surface area contributed by atoms with Crippen LogP contribution in [0.2, 0.25) is 5.02 Å². The lowest BCUT2D eigenvalue weighted by molar-refractivity contribution is -0.163. The van der Waals surface area contributed by atoms with Crippen LogP contribution in [-0.4, -0.2) is 23.4 Å². The maximum atomic E-state index is 13.3. The van der Waals surface area contributed by atoms with Crippen LogP contribution < -0.4 is 4.74 Å². The summed E-state index contributed by atoms with van der Waals surface area (Å²) < 4.78 is 173. The van der Waals surface area contributed by atoms with Crippen molar-refractivity contribution in [1.29, 1.82) is 0 Å². The third-order valence-electron chi connectivity index (χ3n) is 2.39. The summed E-state index contributed by atoms with van der Waals surface area (Å²) in [5, 5.41) is -0.693. The number of hydrogen-bond acceptors (Lipinski definition) is 4. The summed E-state index contributed by atoms with van der Waals surface area (Å²) in [6.07, 6.45) is -4.29. The number of carbonyl (C=O) groups excluding carboxylic acids is 2. The maximum Gasteiger partial charge on any atom is 0.350 e. The Balaban J connectivity index is 2.96. The second kappa shape index (κ2) is 7.70. The Hall–Kier alpha value is -2.33. The highest BCUT2D eigenvalue weighted by atomic mass is 35.5. The van der Waals surface area contributed by atoms with Gasteiger partial charge in [-0.3, -0.25) is 4.79 Å². The van der Waals surface area contributed by atoms with Gasteiger partial charge in [0.15, 0.2) is 11.4 Å². The molecule has 25 heavy (non-hydrogen) atoms. The van der Waals surface area contributed by atoms with Gasteiger partial charge in [0, 0.05) is 32.6 Å². The summed E-state index contributed by atoms with van der Waals surface area (Å²) >= 11 is 5.71. The number of ether oxygens (including phenoxy) is 2. The van der Waals surface area contributed by atoms with Gasteiger partial charge < -0.3 is 9.47 Å². The molecule has 0 spiro atoms. The van der Waals surface area contributed by atoms with Crippen molar-refractivity contribution in [2.45, 2.75) is 39.1 Å². The van der Waals surface area contributed by atoms with Crippen LogP contribution in [0.15, 0.2) is 48.3 Å². The zero-order valence-corrected chi connectivity index (χ0v) is 12.8. The molecular weight excluding hydrogens is 340 g/mol. The largest absolute Gasteiger partial charge is 0.476 e. The lowest BCUT2D eigenvalue weighted by Gasteiger charge is -2.25. The highest BCUT2D eigenvalue weighted by molar-refractivity contribution is 6.30. The lowest BCUT2D eigenvalue weighted by atomic mass is 10.0. The zero-order valence-electron chi connectivity index (χ0n) is 33.0. The van der Waals surface area contributed by atoms with Crippen LogP contribution in [0.3, 0.4) is 0 Å². The number of halogens is 1. The molecule has 0 N–H and O–H groups in total. The van der Waals surface area contributed by atoms with Crippen LogP contribution in [0.4, 0.5) is 0 Å². The van der Waals surface area contributed by atoms with E-state index in [0.29, 0.717) is 0 Å². The van der Waals surface area contributed by atoms with Crippen LogP contribution in [-0.2, 0) is 9.53 Å². The molecule has 2 aromatic rings. The van der Waals surface area contributed by atoms with E-state index in [1.165, 1.54) is 0 Å². The molecule has 0 atom stereocenters. The standard InChI is InChI=1S/C20H21ClO4/c1-13(2)24-19(23)20(3,4)25-17-11-7-15(8-12-17)18(22)14-5-9-16(21)10-6-14/h5-13H,1-4H3/i1D3,2D3,3D3,4D3,5D,6D,7D,8D,9D,10D,11D,12D,13D. The molecule has 5 heteroatoms. The molecule has 132 valence electrons. The maximum absolute atomic E-state index is 13.3. The smallest absolute Gasteiger partial charge is 0.350 e. The first-order chi connectivity index (χ1) is 20.3. The molecule has 0 fully saturated rings. The van der Waals surface area contributed by atoms with E-state index in [4.69, 9.17) is 45.1 Å². The normalized spacial score (nSPS) is 25.9. The number of benzene rings is 2. The van der Waals surface area contributed by atoms with E-state index in [9.17, 15) is 9.59 Å². The third-order valence-corrected chi connectivity index (χ3v) is 2.58. The molecule has 0 aliphatic heterocycles. The van der Waals surface area contributed by atoms with Gasteiger partial charge in [-0.05, 0) is 75.7 Å². The number of rotatable bonds is 6. The summed E-state index contributed by atoms with van der Waals surface area (Å²) in [7, 11) is 0. The number of hydrogen-bond donors (Lipinski definition) is 0. The zero-order chi connectivity index (χ0) is 36.5. The van der Waals surface area contributed by atoms with Crippen molar-refractivity contribution < 1.29 is 47.8 Å². The lowest BCUT2D eigenvalue weighted by Crippen LogP contribution is -2.40. The van der Waals surface area contributed by atoms with Crippen molar-refractivity contribution in [2.24, 2.45) is 0 Å². The van der Waals surface area contributed by atoms with Gasteiger partial charge in [0.25, 0.3) is 0 Å². The van der Waals surface area contributed by atoms with Crippen molar-refractivity contribution in [1.82, 2.24) is 0 Å². The van der Waals surface area contributed by atoms with Crippen LogP contribution >= 0.6 is 11.6 Å². The Labute approximate surface area is 182 Å². The van der Waals surface area contributed by atoms with Gasteiger partial charge in [0.05, 0.1) is 18.4 Å². The first-order valence-corrected chi connectivity index (χ1v) is 6.54. The summed E-state index contributed by atoms with van der Waals surface area (Å²) in [5.74, 6) is -6.06. The molecule has 0 bridgehead atoms.